The van der Waals surface area contributed by atoms with Gasteiger partial charge in [0.25, 0.3) is 0 Å². The van der Waals surface area contributed by atoms with Gasteiger partial charge in [0.05, 0.1) is 9.79 Å². The summed E-state index contributed by atoms with van der Waals surface area (Å²) < 4.78 is 47.1. The molecule has 0 radical (unpaired) electrons. The van der Waals surface area contributed by atoms with Crippen molar-refractivity contribution < 1.29 is 16.8 Å². The molecule has 0 saturated heterocycles. The molecule has 154 valence electrons. The average Bonchev–Trinajstić information content (AvgIpc) is 2.56. The number of sulfonamides is 2. The minimum Gasteiger partial charge on any atom is -0.306 e. The molecule has 0 bridgehead atoms. The predicted molar refractivity (Wildman–Crippen MR) is 110 cm³/mol. The topological polar surface area (TPSA) is 124 Å². The second-order valence-electron chi connectivity index (χ2n) is 7.12. The van der Waals surface area contributed by atoms with E-state index in [0.29, 0.717) is 37.1 Å². The van der Waals surface area contributed by atoms with Crippen LogP contribution in [0.3, 0.4) is 0 Å². The van der Waals surface area contributed by atoms with Crippen molar-refractivity contribution in [1.82, 2.24) is 4.90 Å². The molecule has 0 aromatic heterocycles. The van der Waals surface area contributed by atoms with Crippen LogP contribution in [0.1, 0.15) is 22.3 Å². The Morgan fingerprint density at radius 3 is 1.43 bits per heavy atom. The molecule has 0 heterocycles. The SMILES string of the molecule is Cc1ccc(S(N)(=O)=O)c(CCN(C)CCc2cc(C)ccc2S(N)(=O)=O)c1. The zero-order valence-electron chi connectivity index (χ0n) is 16.3. The molecule has 0 aliphatic heterocycles. The van der Waals surface area contributed by atoms with Gasteiger partial charge in [-0.25, -0.2) is 27.1 Å². The summed E-state index contributed by atoms with van der Waals surface area (Å²) in [6.07, 6.45) is 1.03. The molecule has 2 rings (SSSR count). The van der Waals surface area contributed by atoms with E-state index in [2.05, 4.69) is 0 Å². The van der Waals surface area contributed by atoms with Crippen LogP contribution in [0.2, 0.25) is 0 Å². The molecule has 0 saturated carbocycles. The normalized spacial score (nSPS) is 12.5. The highest BCUT2D eigenvalue weighted by Gasteiger charge is 2.16. The fourth-order valence-corrected chi connectivity index (χ4v) is 4.67. The van der Waals surface area contributed by atoms with E-state index < -0.39 is 20.0 Å². The van der Waals surface area contributed by atoms with Crippen LogP contribution in [0.4, 0.5) is 0 Å². The van der Waals surface area contributed by atoms with E-state index in [9.17, 15) is 16.8 Å². The first-order valence-corrected chi connectivity index (χ1v) is 11.9. The molecule has 0 atom stereocenters. The molecule has 28 heavy (non-hydrogen) atoms. The van der Waals surface area contributed by atoms with Gasteiger partial charge in [-0.15, -0.1) is 0 Å². The maximum absolute atomic E-state index is 11.8. The van der Waals surface area contributed by atoms with Crippen molar-refractivity contribution in [2.45, 2.75) is 36.5 Å². The number of likely N-dealkylation sites (N-methyl/N-ethyl adjacent to an activating group) is 1. The van der Waals surface area contributed by atoms with Crippen LogP contribution >= 0.6 is 0 Å². The summed E-state index contributed by atoms with van der Waals surface area (Å²) in [5, 5.41) is 10.6. The number of hydrogen-bond acceptors (Lipinski definition) is 5. The van der Waals surface area contributed by atoms with Crippen LogP contribution in [0.15, 0.2) is 46.2 Å². The molecule has 0 aliphatic carbocycles. The van der Waals surface area contributed by atoms with Gasteiger partial charge in [0.15, 0.2) is 0 Å². The molecular formula is C19H27N3O4S2. The van der Waals surface area contributed by atoms with Gasteiger partial charge in [0.2, 0.25) is 20.0 Å². The highest BCUT2D eigenvalue weighted by atomic mass is 32.2. The van der Waals surface area contributed by atoms with Gasteiger partial charge in [-0.05, 0) is 57.0 Å². The Hall–Kier alpha value is -1.78. The summed E-state index contributed by atoms with van der Waals surface area (Å²) in [5.74, 6) is 0. The first kappa shape index (κ1) is 22.5. The van der Waals surface area contributed by atoms with Crippen LogP contribution < -0.4 is 10.3 Å². The second-order valence-corrected chi connectivity index (χ2v) is 10.2. The van der Waals surface area contributed by atoms with Crippen molar-refractivity contribution in [2.24, 2.45) is 10.3 Å². The Kier molecular flexibility index (Phi) is 7.00. The number of rotatable bonds is 8. The molecule has 2 aromatic carbocycles. The minimum atomic E-state index is -3.78. The Bertz CT molecular complexity index is 979. The molecule has 2 aromatic rings. The maximum Gasteiger partial charge on any atom is 0.238 e. The summed E-state index contributed by atoms with van der Waals surface area (Å²) >= 11 is 0. The molecule has 0 amide bonds. The van der Waals surface area contributed by atoms with Crippen molar-refractivity contribution in [3.63, 3.8) is 0 Å². The van der Waals surface area contributed by atoms with Crippen molar-refractivity contribution in [2.75, 3.05) is 20.1 Å². The number of hydrogen-bond donors (Lipinski definition) is 2. The van der Waals surface area contributed by atoms with E-state index in [4.69, 9.17) is 10.3 Å². The third-order valence-electron chi connectivity index (χ3n) is 4.57. The van der Waals surface area contributed by atoms with Crippen LogP contribution in [-0.4, -0.2) is 41.9 Å². The molecule has 0 fully saturated rings. The first-order chi connectivity index (χ1) is 12.9. The summed E-state index contributed by atoms with van der Waals surface area (Å²) in [6.45, 7) is 4.99. The largest absolute Gasteiger partial charge is 0.306 e. The molecular weight excluding hydrogens is 398 g/mol. The highest BCUT2D eigenvalue weighted by molar-refractivity contribution is 7.89. The van der Waals surface area contributed by atoms with Gasteiger partial charge >= 0.3 is 0 Å². The zero-order valence-corrected chi connectivity index (χ0v) is 18.0. The Morgan fingerprint density at radius 1 is 0.750 bits per heavy atom. The second kappa shape index (κ2) is 8.71. The van der Waals surface area contributed by atoms with Crippen LogP contribution in [-0.2, 0) is 32.9 Å². The number of aryl methyl sites for hydroxylation is 2. The lowest BCUT2D eigenvalue weighted by Crippen LogP contribution is -2.25. The third-order valence-corrected chi connectivity index (χ3v) is 6.59. The highest BCUT2D eigenvalue weighted by Crippen LogP contribution is 2.19. The van der Waals surface area contributed by atoms with E-state index in [1.54, 1.807) is 12.1 Å². The Morgan fingerprint density at radius 2 is 1.11 bits per heavy atom. The number of nitrogens with two attached hydrogens (primary N) is 2. The smallest absolute Gasteiger partial charge is 0.238 e. The van der Waals surface area contributed by atoms with Crippen molar-refractivity contribution in [3.05, 3.63) is 58.7 Å². The molecule has 0 spiro atoms. The predicted octanol–water partition coefficient (Wildman–Crippen LogP) is 1.32. The van der Waals surface area contributed by atoms with Gasteiger partial charge in [-0.3, -0.25) is 0 Å². The van der Waals surface area contributed by atoms with Gasteiger partial charge in [-0.1, -0.05) is 35.4 Å². The average molecular weight is 426 g/mol. The van der Waals surface area contributed by atoms with Gasteiger partial charge in [-0.2, -0.15) is 0 Å². The quantitative estimate of drug-likeness (QED) is 0.660. The lowest BCUT2D eigenvalue weighted by Gasteiger charge is -2.19. The van der Waals surface area contributed by atoms with Crippen molar-refractivity contribution in [1.29, 1.82) is 0 Å². The third kappa shape index (κ3) is 6.11. The van der Waals surface area contributed by atoms with E-state index >= 15 is 0 Å². The maximum atomic E-state index is 11.8. The fraction of sp³-hybridized carbons (Fsp3) is 0.368. The number of benzene rings is 2. The van der Waals surface area contributed by atoms with Crippen LogP contribution in [0, 0.1) is 13.8 Å². The number of primary sulfonamides is 2. The van der Waals surface area contributed by atoms with Gasteiger partial charge < -0.3 is 4.90 Å². The molecule has 0 unspecified atom stereocenters. The Balaban J connectivity index is 2.09. The Labute approximate surface area is 167 Å². The summed E-state index contributed by atoms with van der Waals surface area (Å²) in [6, 6.07) is 10.2. The molecule has 9 heteroatoms. The van der Waals surface area contributed by atoms with Gasteiger partial charge in [0.1, 0.15) is 0 Å². The molecule has 4 N–H and O–H groups in total. The minimum absolute atomic E-state index is 0.140. The van der Waals surface area contributed by atoms with E-state index in [1.165, 1.54) is 12.1 Å². The zero-order chi connectivity index (χ0) is 21.1. The van der Waals surface area contributed by atoms with Crippen molar-refractivity contribution in [3.8, 4) is 0 Å². The van der Waals surface area contributed by atoms with E-state index in [0.717, 1.165) is 11.1 Å². The van der Waals surface area contributed by atoms with Crippen LogP contribution in [0.5, 0.6) is 0 Å². The van der Waals surface area contributed by atoms with E-state index in [1.807, 2.05) is 37.9 Å². The standard InChI is InChI=1S/C19H27N3O4S2/c1-14-4-6-18(27(20,23)24)16(12-14)8-10-22(3)11-9-17-13-15(2)5-7-19(17)28(21,25)26/h4-7,12-13H,8-11H2,1-3H3,(H2,20,23,24)(H2,21,25,26). The summed E-state index contributed by atoms with van der Waals surface area (Å²) in [4.78, 5) is 2.30. The first-order valence-electron chi connectivity index (χ1n) is 8.81. The summed E-state index contributed by atoms with van der Waals surface area (Å²) in [5.41, 5.74) is 3.27. The lowest BCUT2D eigenvalue weighted by molar-refractivity contribution is 0.341. The van der Waals surface area contributed by atoms with E-state index in [-0.39, 0.29) is 9.79 Å². The molecule has 7 nitrogen and oxygen atoms in total. The monoisotopic (exact) mass is 425 g/mol. The number of nitrogens with zero attached hydrogens (tertiary/aromatic N) is 1. The van der Waals surface area contributed by atoms with Crippen LogP contribution in [0.25, 0.3) is 0 Å². The lowest BCUT2D eigenvalue weighted by atomic mass is 10.1. The molecule has 0 aliphatic rings. The van der Waals surface area contributed by atoms with Gasteiger partial charge in [0, 0.05) is 13.1 Å². The summed E-state index contributed by atoms with van der Waals surface area (Å²) in [7, 11) is -5.66. The fourth-order valence-electron chi connectivity index (χ4n) is 3.10. The van der Waals surface area contributed by atoms with Crippen molar-refractivity contribution >= 4 is 20.0 Å².